The highest BCUT2D eigenvalue weighted by Crippen LogP contribution is 2.28. The predicted octanol–water partition coefficient (Wildman–Crippen LogP) is 2.01. The Balaban J connectivity index is 1.31. The first-order chi connectivity index (χ1) is 14.5. The largest absolute Gasteiger partial charge is 0.495 e. The van der Waals surface area contributed by atoms with Crippen LogP contribution in [0.3, 0.4) is 0 Å². The molecule has 8 heteroatoms. The number of ether oxygens (including phenoxy) is 1. The Morgan fingerprint density at radius 2 is 1.97 bits per heavy atom. The summed E-state index contributed by atoms with van der Waals surface area (Å²) in [6.45, 7) is 5.53. The van der Waals surface area contributed by atoms with Crippen LogP contribution in [0.15, 0.2) is 30.5 Å². The van der Waals surface area contributed by atoms with Gasteiger partial charge in [0, 0.05) is 38.8 Å². The highest BCUT2D eigenvalue weighted by molar-refractivity contribution is 5.98. The number of benzene rings is 1. The maximum atomic E-state index is 12.5. The fourth-order valence-corrected chi connectivity index (χ4v) is 4.10. The van der Waals surface area contributed by atoms with Crippen molar-refractivity contribution in [1.82, 2.24) is 14.9 Å². The number of carbonyl (C=O) groups excluding carboxylic acids is 2. The van der Waals surface area contributed by atoms with E-state index in [0.29, 0.717) is 12.0 Å². The monoisotopic (exact) mass is 409 g/mol. The van der Waals surface area contributed by atoms with E-state index in [9.17, 15) is 9.59 Å². The highest BCUT2D eigenvalue weighted by Gasteiger charge is 2.25. The van der Waals surface area contributed by atoms with Gasteiger partial charge in [-0.25, -0.2) is 9.97 Å². The van der Waals surface area contributed by atoms with E-state index in [1.807, 2.05) is 25.1 Å². The van der Waals surface area contributed by atoms with Crippen molar-refractivity contribution in [1.29, 1.82) is 0 Å². The molecule has 1 aromatic carbocycles. The second kappa shape index (κ2) is 8.79. The zero-order valence-electron chi connectivity index (χ0n) is 17.4. The van der Waals surface area contributed by atoms with Crippen LogP contribution < -0.4 is 15.0 Å². The van der Waals surface area contributed by atoms with Gasteiger partial charge in [0.05, 0.1) is 30.6 Å². The number of rotatable bonds is 5. The standard InChI is InChI=1S/C22H27N5O3/c1-15-11-17-16(19(28)12-15)13-23-22(24-17)25-21(29)14-26-7-9-27(10-8-26)18-5-3-4-6-20(18)30-2/h3-6,13,15H,7-12,14H2,1-2H3,(H,23,24,25,29)/t15-/m1/s1. The van der Waals surface area contributed by atoms with E-state index in [2.05, 4.69) is 31.2 Å². The van der Waals surface area contributed by atoms with Crippen molar-refractivity contribution in [2.24, 2.45) is 5.92 Å². The zero-order chi connectivity index (χ0) is 21.1. The zero-order valence-corrected chi connectivity index (χ0v) is 17.4. The Bertz CT molecular complexity index is 940. The maximum absolute atomic E-state index is 12.5. The summed E-state index contributed by atoms with van der Waals surface area (Å²) in [5.41, 5.74) is 2.39. The molecule has 1 atom stereocenters. The van der Waals surface area contributed by atoms with Gasteiger partial charge in [0.1, 0.15) is 5.75 Å². The second-order valence-corrected chi connectivity index (χ2v) is 7.97. The summed E-state index contributed by atoms with van der Waals surface area (Å²) in [6.07, 6.45) is 2.80. The fourth-order valence-electron chi connectivity index (χ4n) is 4.10. The third-order valence-corrected chi connectivity index (χ3v) is 5.66. The number of piperazine rings is 1. The van der Waals surface area contributed by atoms with Crippen LogP contribution in [0.1, 0.15) is 29.4 Å². The SMILES string of the molecule is COc1ccccc1N1CCN(CC(=O)Nc2ncc3c(n2)C[C@@H](C)CC3=O)CC1. The number of carbonyl (C=O) groups is 2. The average Bonchev–Trinajstić information content (AvgIpc) is 2.74. The summed E-state index contributed by atoms with van der Waals surface area (Å²) in [5, 5.41) is 2.78. The van der Waals surface area contributed by atoms with Gasteiger partial charge in [-0.3, -0.25) is 19.8 Å². The van der Waals surface area contributed by atoms with E-state index in [1.165, 1.54) is 6.20 Å². The summed E-state index contributed by atoms with van der Waals surface area (Å²) in [5.74, 6) is 1.34. The molecule has 1 amide bonds. The van der Waals surface area contributed by atoms with Gasteiger partial charge in [0.15, 0.2) is 5.78 Å². The van der Waals surface area contributed by atoms with Crippen LogP contribution in [0.4, 0.5) is 11.6 Å². The molecule has 1 aromatic heterocycles. The van der Waals surface area contributed by atoms with Gasteiger partial charge in [-0.15, -0.1) is 0 Å². The number of Topliss-reactive ketones (excluding diaryl/α,β-unsaturated/α-hetero) is 1. The second-order valence-electron chi connectivity index (χ2n) is 7.97. The molecule has 2 aliphatic rings. The molecule has 1 saturated heterocycles. The first kappa shape index (κ1) is 20.3. The van der Waals surface area contributed by atoms with Gasteiger partial charge in [0.25, 0.3) is 0 Å². The summed E-state index contributed by atoms with van der Waals surface area (Å²) in [6, 6.07) is 7.98. The molecule has 0 unspecified atom stereocenters. The minimum atomic E-state index is -0.143. The number of amides is 1. The van der Waals surface area contributed by atoms with E-state index in [-0.39, 0.29) is 30.1 Å². The number of methoxy groups -OCH3 is 1. The fraction of sp³-hybridized carbons (Fsp3) is 0.455. The molecule has 0 radical (unpaired) electrons. The predicted molar refractivity (Wildman–Crippen MR) is 114 cm³/mol. The molecule has 1 fully saturated rings. The molecule has 0 bridgehead atoms. The molecule has 0 spiro atoms. The first-order valence-corrected chi connectivity index (χ1v) is 10.3. The van der Waals surface area contributed by atoms with E-state index in [1.54, 1.807) is 7.11 Å². The number of anilines is 2. The van der Waals surface area contributed by atoms with Gasteiger partial charge >= 0.3 is 0 Å². The van der Waals surface area contributed by atoms with Gasteiger partial charge in [-0.2, -0.15) is 0 Å². The lowest BCUT2D eigenvalue weighted by molar-refractivity contribution is -0.117. The lowest BCUT2D eigenvalue weighted by Crippen LogP contribution is -2.48. The summed E-state index contributed by atoms with van der Waals surface area (Å²) < 4.78 is 5.45. The number of nitrogens with zero attached hydrogens (tertiary/aromatic N) is 4. The third kappa shape index (κ3) is 4.43. The van der Waals surface area contributed by atoms with E-state index in [0.717, 1.165) is 49.7 Å². The Morgan fingerprint density at radius 1 is 1.20 bits per heavy atom. The molecule has 1 aliphatic heterocycles. The van der Waals surface area contributed by atoms with Crippen molar-refractivity contribution in [3.8, 4) is 5.75 Å². The normalized spacial score (nSPS) is 19.3. The van der Waals surface area contributed by atoms with Gasteiger partial charge in [-0.1, -0.05) is 19.1 Å². The van der Waals surface area contributed by atoms with Crippen molar-refractivity contribution >= 4 is 23.3 Å². The number of ketones is 1. The molecule has 0 saturated carbocycles. The van der Waals surface area contributed by atoms with Crippen molar-refractivity contribution < 1.29 is 14.3 Å². The van der Waals surface area contributed by atoms with Crippen LogP contribution in [0.25, 0.3) is 0 Å². The van der Waals surface area contributed by atoms with Gasteiger partial charge < -0.3 is 9.64 Å². The molecular formula is C22H27N5O3. The topological polar surface area (TPSA) is 87.7 Å². The molecule has 8 nitrogen and oxygen atoms in total. The third-order valence-electron chi connectivity index (χ3n) is 5.66. The number of nitrogens with one attached hydrogen (secondary N) is 1. The lowest BCUT2D eigenvalue weighted by Gasteiger charge is -2.36. The number of para-hydroxylation sites is 2. The van der Waals surface area contributed by atoms with Crippen molar-refractivity contribution in [3.05, 3.63) is 41.7 Å². The molecular weight excluding hydrogens is 382 g/mol. The van der Waals surface area contributed by atoms with Crippen LogP contribution in [0.5, 0.6) is 5.75 Å². The molecule has 158 valence electrons. The Hall–Kier alpha value is -3.00. The summed E-state index contributed by atoms with van der Waals surface area (Å²) >= 11 is 0. The van der Waals surface area contributed by atoms with Crippen LogP contribution in [-0.2, 0) is 11.2 Å². The van der Waals surface area contributed by atoms with Crippen LogP contribution >= 0.6 is 0 Å². The number of hydrogen-bond donors (Lipinski definition) is 1. The number of fused-ring (bicyclic) bond motifs is 1. The Labute approximate surface area is 176 Å². The molecule has 30 heavy (non-hydrogen) atoms. The molecule has 2 aromatic rings. The highest BCUT2D eigenvalue weighted by atomic mass is 16.5. The van der Waals surface area contributed by atoms with Crippen LogP contribution in [0, 0.1) is 5.92 Å². The Morgan fingerprint density at radius 3 is 2.73 bits per heavy atom. The maximum Gasteiger partial charge on any atom is 0.240 e. The quantitative estimate of drug-likeness (QED) is 0.808. The van der Waals surface area contributed by atoms with E-state index < -0.39 is 0 Å². The van der Waals surface area contributed by atoms with Crippen molar-refractivity contribution in [2.45, 2.75) is 19.8 Å². The Kier molecular flexibility index (Phi) is 5.94. The number of aromatic nitrogens is 2. The van der Waals surface area contributed by atoms with E-state index in [4.69, 9.17) is 4.74 Å². The van der Waals surface area contributed by atoms with Gasteiger partial charge in [0.2, 0.25) is 11.9 Å². The molecule has 4 rings (SSSR count). The van der Waals surface area contributed by atoms with Crippen LogP contribution in [-0.4, -0.2) is 66.4 Å². The van der Waals surface area contributed by atoms with Crippen molar-refractivity contribution in [2.75, 3.05) is 50.1 Å². The molecule has 2 heterocycles. The molecule has 1 aliphatic carbocycles. The minimum Gasteiger partial charge on any atom is -0.495 e. The number of hydrogen-bond acceptors (Lipinski definition) is 7. The summed E-state index contributed by atoms with van der Waals surface area (Å²) in [7, 11) is 1.68. The molecule has 1 N–H and O–H groups in total. The van der Waals surface area contributed by atoms with Crippen LogP contribution in [0.2, 0.25) is 0 Å². The first-order valence-electron chi connectivity index (χ1n) is 10.3. The summed E-state index contributed by atoms with van der Waals surface area (Å²) in [4.78, 5) is 37.5. The average molecular weight is 409 g/mol. The van der Waals surface area contributed by atoms with E-state index >= 15 is 0 Å². The lowest BCUT2D eigenvalue weighted by atomic mass is 9.88. The van der Waals surface area contributed by atoms with Crippen molar-refractivity contribution in [3.63, 3.8) is 0 Å². The minimum absolute atomic E-state index is 0.0783. The smallest absolute Gasteiger partial charge is 0.240 e. The van der Waals surface area contributed by atoms with Gasteiger partial charge in [-0.05, 0) is 24.5 Å².